The molecular formula is C10H6FNO2S. The summed E-state index contributed by atoms with van der Waals surface area (Å²) in [7, 11) is 0. The summed E-state index contributed by atoms with van der Waals surface area (Å²) in [6.07, 6.45) is 0. The zero-order valence-electron chi connectivity index (χ0n) is 7.48. The third-order valence-corrected chi connectivity index (χ3v) is 2.75. The first-order chi connectivity index (χ1) is 7.20. The molecule has 15 heavy (non-hydrogen) atoms. The minimum absolute atomic E-state index is 0.106. The van der Waals surface area contributed by atoms with Crippen LogP contribution < -0.4 is 0 Å². The summed E-state index contributed by atoms with van der Waals surface area (Å²) in [6, 6.07) is 6.04. The largest absolute Gasteiger partial charge is 0.476 e. The zero-order chi connectivity index (χ0) is 10.8. The van der Waals surface area contributed by atoms with Crippen LogP contribution in [-0.4, -0.2) is 16.1 Å². The number of hydrogen-bond donors (Lipinski definition) is 1. The highest BCUT2D eigenvalue weighted by Gasteiger charge is 2.17. The number of aromatic carboxylic acids is 1. The van der Waals surface area contributed by atoms with E-state index in [1.807, 2.05) is 0 Å². The number of nitrogens with zero attached hydrogens (tertiary/aromatic N) is 1. The number of thiazole rings is 1. The molecule has 0 aliphatic rings. The fraction of sp³-hybridized carbons (Fsp3) is 0. The topological polar surface area (TPSA) is 50.2 Å². The van der Waals surface area contributed by atoms with E-state index in [4.69, 9.17) is 5.11 Å². The maximum atomic E-state index is 13.4. The average Bonchev–Trinajstić information content (AvgIpc) is 2.67. The molecule has 2 aromatic rings. The van der Waals surface area contributed by atoms with Gasteiger partial charge in [-0.3, -0.25) is 0 Å². The normalized spacial score (nSPS) is 10.2. The second-order valence-electron chi connectivity index (χ2n) is 2.82. The highest BCUT2D eigenvalue weighted by Crippen LogP contribution is 2.29. The van der Waals surface area contributed by atoms with E-state index in [-0.39, 0.29) is 11.3 Å². The van der Waals surface area contributed by atoms with Crippen LogP contribution in [0, 0.1) is 5.82 Å². The molecule has 3 nitrogen and oxygen atoms in total. The summed E-state index contributed by atoms with van der Waals surface area (Å²) in [5.41, 5.74) is 1.56. The van der Waals surface area contributed by atoms with Crippen molar-refractivity contribution in [2.75, 3.05) is 0 Å². The van der Waals surface area contributed by atoms with Crippen LogP contribution in [0.1, 0.15) is 10.5 Å². The molecule has 0 spiro atoms. The maximum absolute atomic E-state index is 13.4. The van der Waals surface area contributed by atoms with Gasteiger partial charge in [0.25, 0.3) is 0 Å². The molecule has 1 heterocycles. The molecule has 0 aliphatic carbocycles. The van der Waals surface area contributed by atoms with Crippen LogP contribution >= 0.6 is 11.3 Å². The van der Waals surface area contributed by atoms with Crippen molar-refractivity contribution >= 4 is 17.3 Å². The molecule has 0 saturated heterocycles. The van der Waals surface area contributed by atoms with Gasteiger partial charge in [-0.1, -0.05) is 18.2 Å². The highest BCUT2D eigenvalue weighted by molar-refractivity contribution is 7.13. The van der Waals surface area contributed by atoms with Crippen LogP contribution in [0.3, 0.4) is 0 Å². The van der Waals surface area contributed by atoms with Crippen molar-refractivity contribution in [3.05, 3.63) is 41.3 Å². The van der Waals surface area contributed by atoms with Gasteiger partial charge in [0.1, 0.15) is 5.82 Å². The predicted molar refractivity (Wildman–Crippen MR) is 54.5 cm³/mol. The second kappa shape index (κ2) is 3.78. The smallest absolute Gasteiger partial charge is 0.356 e. The molecule has 0 bridgehead atoms. The number of halogens is 1. The predicted octanol–water partition coefficient (Wildman–Crippen LogP) is 2.65. The van der Waals surface area contributed by atoms with Crippen LogP contribution in [0.5, 0.6) is 0 Å². The van der Waals surface area contributed by atoms with E-state index >= 15 is 0 Å². The fourth-order valence-corrected chi connectivity index (χ4v) is 2.04. The SMILES string of the molecule is O=C(O)c1ncsc1-c1ccccc1F. The first kappa shape index (κ1) is 9.79. The fourth-order valence-electron chi connectivity index (χ4n) is 1.23. The minimum Gasteiger partial charge on any atom is -0.476 e. The summed E-state index contributed by atoms with van der Waals surface area (Å²) >= 11 is 1.11. The van der Waals surface area contributed by atoms with Gasteiger partial charge in [-0.2, -0.15) is 0 Å². The molecule has 0 atom stereocenters. The van der Waals surface area contributed by atoms with Gasteiger partial charge in [0.05, 0.1) is 10.4 Å². The molecule has 0 radical (unpaired) electrons. The number of aromatic nitrogens is 1. The first-order valence-electron chi connectivity index (χ1n) is 4.12. The van der Waals surface area contributed by atoms with Crippen LogP contribution in [-0.2, 0) is 0 Å². The molecule has 0 unspecified atom stereocenters. The van der Waals surface area contributed by atoms with Crippen LogP contribution in [0.4, 0.5) is 4.39 Å². The van der Waals surface area contributed by atoms with Crippen LogP contribution in [0.15, 0.2) is 29.8 Å². The number of carboxylic acids is 1. The Hall–Kier alpha value is -1.75. The summed E-state index contributed by atoms with van der Waals surface area (Å²) in [6.45, 7) is 0. The Morgan fingerprint density at radius 1 is 1.40 bits per heavy atom. The Labute approximate surface area is 88.8 Å². The van der Waals surface area contributed by atoms with E-state index in [2.05, 4.69) is 4.98 Å². The van der Waals surface area contributed by atoms with Crippen molar-refractivity contribution < 1.29 is 14.3 Å². The number of carbonyl (C=O) groups is 1. The van der Waals surface area contributed by atoms with Crippen LogP contribution in [0.25, 0.3) is 10.4 Å². The lowest BCUT2D eigenvalue weighted by Gasteiger charge is -1.99. The molecule has 0 fully saturated rings. The van der Waals surface area contributed by atoms with Crippen molar-refractivity contribution in [2.45, 2.75) is 0 Å². The lowest BCUT2D eigenvalue weighted by atomic mass is 10.1. The summed E-state index contributed by atoms with van der Waals surface area (Å²) in [4.78, 5) is 14.8. The second-order valence-corrected chi connectivity index (χ2v) is 3.67. The van der Waals surface area contributed by atoms with Gasteiger partial charge in [-0.15, -0.1) is 11.3 Å². The van der Waals surface area contributed by atoms with E-state index < -0.39 is 11.8 Å². The standard InChI is InChI=1S/C10H6FNO2S/c11-7-4-2-1-3-6(7)9-8(10(13)14)12-5-15-9/h1-5H,(H,13,14). The molecule has 0 amide bonds. The van der Waals surface area contributed by atoms with Gasteiger partial charge in [0, 0.05) is 5.56 Å². The molecule has 0 aliphatic heterocycles. The van der Waals surface area contributed by atoms with Gasteiger partial charge < -0.3 is 5.11 Å². The third-order valence-electron chi connectivity index (χ3n) is 1.89. The van der Waals surface area contributed by atoms with Crippen molar-refractivity contribution in [3.63, 3.8) is 0 Å². The van der Waals surface area contributed by atoms with Crippen molar-refractivity contribution in [1.29, 1.82) is 0 Å². The van der Waals surface area contributed by atoms with Crippen molar-refractivity contribution in [1.82, 2.24) is 4.98 Å². The number of carboxylic acid groups (broad SMARTS) is 1. The van der Waals surface area contributed by atoms with Gasteiger partial charge in [0.15, 0.2) is 5.69 Å². The average molecular weight is 223 g/mol. The van der Waals surface area contributed by atoms with Gasteiger partial charge in [0.2, 0.25) is 0 Å². The quantitative estimate of drug-likeness (QED) is 0.851. The Balaban J connectivity index is 2.59. The number of benzene rings is 1. The van der Waals surface area contributed by atoms with E-state index in [0.29, 0.717) is 4.88 Å². The monoisotopic (exact) mass is 223 g/mol. The molecule has 1 aromatic heterocycles. The maximum Gasteiger partial charge on any atom is 0.356 e. The van der Waals surface area contributed by atoms with Gasteiger partial charge in [-0.25, -0.2) is 14.2 Å². The van der Waals surface area contributed by atoms with Gasteiger partial charge in [-0.05, 0) is 6.07 Å². The number of hydrogen-bond acceptors (Lipinski definition) is 3. The Bertz CT molecular complexity index is 510. The summed E-state index contributed by atoms with van der Waals surface area (Å²) < 4.78 is 13.4. The van der Waals surface area contributed by atoms with E-state index in [1.165, 1.54) is 17.6 Å². The first-order valence-corrected chi connectivity index (χ1v) is 5.00. The molecule has 76 valence electrons. The van der Waals surface area contributed by atoms with Gasteiger partial charge >= 0.3 is 5.97 Å². The summed E-state index contributed by atoms with van der Waals surface area (Å²) in [5, 5.41) is 8.83. The van der Waals surface area contributed by atoms with Crippen molar-refractivity contribution in [2.24, 2.45) is 0 Å². The third kappa shape index (κ3) is 1.73. The number of rotatable bonds is 2. The zero-order valence-corrected chi connectivity index (χ0v) is 8.29. The van der Waals surface area contributed by atoms with E-state index in [0.717, 1.165) is 11.3 Å². The lowest BCUT2D eigenvalue weighted by molar-refractivity contribution is 0.0692. The Kier molecular flexibility index (Phi) is 2.47. The molecule has 0 saturated carbocycles. The van der Waals surface area contributed by atoms with E-state index in [1.54, 1.807) is 12.1 Å². The molecule has 2 rings (SSSR count). The molecule has 5 heteroatoms. The van der Waals surface area contributed by atoms with E-state index in [9.17, 15) is 9.18 Å². The lowest BCUT2D eigenvalue weighted by Crippen LogP contribution is -1.98. The molecule has 1 aromatic carbocycles. The molecular weight excluding hydrogens is 217 g/mol. The summed E-state index contributed by atoms with van der Waals surface area (Å²) in [5.74, 6) is -1.58. The minimum atomic E-state index is -1.14. The van der Waals surface area contributed by atoms with Crippen LogP contribution in [0.2, 0.25) is 0 Å². The Morgan fingerprint density at radius 3 is 2.80 bits per heavy atom. The molecule has 1 N–H and O–H groups in total. The van der Waals surface area contributed by atoms with Crippen molar-refractivity contribution in [3.8, 4) is 10.4 Å². The highest BCUT2D eigenvalue weighted by atomic mass is 32.1. The Morgan fingerprint density at radius 2 is 2.13 bits per heavy atom.